The first kappa shape index (κ1) is 20.3. The third kappa shape index (κ3) is 4.59. The molecule has 2 amide bonds. The Morgan fingerprint density at radius 3 is 2.83 bits per heavy atom. The first-order valence-electron chi connectivity index (χ1n) is 10.2. The predicted molar refractivity (Wildman–Crippen MR) is 116 cm³/mol. The normalized spacial score (nSPS) is 14.6. The van der Waals surface area contributed by atoms with E-state index in [1.165, 1.54) is 10.4 Å². The van der Waals surface area contributed by atoms with Crippen molar-refractivity contribution in [2.24, 2.45) is 5.92 Å². The summed E-state index contributed by atoms with van der Waals surface area (Å²) in [6.07, 6.45) is 5.64. The highest BCUT2D eigenvalue weighted by atomic mass is 32.1. The number of aromatic amines is 1. The van der Waals surface area contributed by atoms with Crippen LogP contribution in [0.1, 0.15) is 33.8 Å². The van der Waals surface area contributed by atoms with Crippen LogP contribution in [0.3, 0.4) is 0 Å². The van der Waals surface area contributed by atoms with Gasteiger partial charge < -0.3 is 10.2 Å². The van der Waals surface area contributed by atoms with Gasteiger partial charge in [0.25, 0.3) is 5.91 Å². The van der Waals surface area contributed by atoms with E-state index in [4.69, 9.17) is 0 Å². The van der Waals surface area contributed by atoms with Gasteiger partial charge in [0.2, 0.25) is 5.91 Å². The fraction of sp³-hybridized carbons (Fsp3) is 0.364. The molecule has 30 heavy (non-hydrogen) atoms. The van der Waals surface area contributed by atoms with E-state index in [2.05, 4.69) is 38.9 Å². The summed E-state index contributed by atoms with van der Waals surface area (Å²) in [5, 5.41) is 12.2. The maximum Gasteiger partial charge on any atom is 0.271 e. The Hall–Kier alpha value is -3.00. The molecule has 3 aromatic heterocycles. The van der Waals surface area contributed by atoms with Crippen LogP contribution in [0.2, 0.25) is 0 Å². The molecule has 0 aromatic carbocycles. The Bertz CT molecular complexity index is 1010. The zero-order chi connectivity index (χ0) is 20.9. The van der Waals surface area contributed by atoms with Crippen molar-refractivity contribution in [3.8, 4) is 11.3 Å². The van der Waals surface area contributed by atoms with E-state index in [1.807, 2.05) is 12.1 Å². The molecular formula is C22H25N5O2S. The van der Waals surface area contributed by atoms with Crippen LogP contribution in [0.25, 0.3) is 11.3 Å². The number of carbonyl (C=O) groups excluding carboxylic acids is 2. The standard InChI is InChI=1S/C22H25N5O2S/c1-15-7-12-30-20(15)4-9-24-21(28)16-5-10-27(11-6-16)22(29)19-13-18(25-26-19)17-3-2-8-23-14-17/h2-3,7-8,12-14,16H,4-6,9-11H2,1H3,(H,24,28)(H,25,26). The smallest absolute Gasteiger partial charge is 0.271 e. The van der Waals surface area contributed by atoms with Crippen LogP contribution in [0.5, 0.6) is 0 Å². The van der Waals surface area contributed by atoms with Gasteiger partial charge in [0.15, 0.2) is 0 Å². The van der Waals surface area contributed by atoms with E-state index >= 15 is 0 Å². The van der Waals surface area contributed by atoms with Gasteiger partial charge in [0, 0.05) is 48.4 Å². The number of amides is 2. The van der Waals surface area contributed by atoms with E-state index in [9.17, 15) is 9.59 Å². The van der Waals surface area contributed by atoms with E-state index < -0.39 is 0 Å². The molecule has 2 N–H and O–H groups in total. The maximum atomic E-state index is 12.8. The van der Waals surface area contributed by atoms with Crippen molar-refractivity contribution in [1.29, 1.82) is 0 Å². The summed E-state index contributed by atoms with van der Waals surface area (Å²) in [6.45, 7) is 3.90. The number of likely N-dealkylation sites (tertiary alicyclic amines) is 1. The van der Waals surface area contributed by atoms with E-state index in [-0.39, 0.29) is 17.7 Å². The number of thiophene rings is 1. The highest BCUT2D eigenvalue weighted by Crippen LogP contribution is 2.21. The molecule has 1 fully saturated rings. The minimum atomic E-state index is -0.0790. The van der Waals surface area contributed by atoms with Crippen LogP contribution in [0.4, 0.5) is 0 Å². The van der Waals surface area contributed by atoms with Gasteiger partial charge in [0.1, 0.15) is 5.69 Å². The number of nitrogens with zero attached hydrogens (tertiary/aromatic N) is 3. The number of piperidine rings is 1. The molecule has 0 unspecified atom stereocenters. The summed E-state index contributed by atoms with van der Waals surface area (Å²) in [4.78, 5) is 32.5. The van der Waals surface area contributed by atoms with Gasteiger partial charge in [-0.3, -0.25) is 19.7 Å². The van der Waals surface area contributed by atoms with E-state index in [1.54, 1.807) is 34.7 Å². The Balaban J connectivity index is 1.26. The minimum Gasteiger partial charge on any atom is -0.355 e. The number of aromatic nitrogens is 3. The predicted octanol–water partition coefficient (Wildman–Crippen LogP) is 3.05. The molecule has 4 rings (SSSR count). The zero-order valence-electron chi connectivity index (χ0n) is 16.9. The Morgan fingerprint density at radius 1 is 1.30 bits per heavy atom. The molecule has 4 heterocycles. The van der Waals surface area contributed by atoms with E-state index in [0.29, 0.717) is 43.9 Å². The number of nitrogens with one attached hydrogen (secondary N) is 2. The quantitative estimate of drug-likeness (QED) is 0.638. The summed E-state index contributed by atoms with van der Waals surface area (Å²) in [7, 11) is 0. The molecule has 1 aliphatic heterocycles. The van der Waals surface area contributed by atoms with Gasteiger partial charge in [-0.15, -0.1) is 11.3 Å². The van der Waals surface area contributed by atoms with Gasteiger partial charge in [-0.25, -0.2) is 0 Å². The molecule has 1 saturated heterocycles. The number of pyridine rings is 1. The van der Waals surface area contributed by atoms with Gasteiger partial charge in [-0.2, -0.15) is 5.10 Å². The van der Waals surface area contributed by atoms with Crippen molar-refractivity contribution < 1.29 is 9.59 Å². The van der Waals surface area contributed by atoms with Crippen molar-refractivity contribution in [3.05, 3.63) is 58.2 Å². The maximum absolute atomic E-state index is 12.8. The van der Waals surface area contributed by atoms with Gasteiger partial charge in [-0.05, 0) is 61.4 Å². The molecule has 7 nitrogen and oxygen atoms in total. The van der Waals surface area contributed by atoms with Crippen molar-refractivity contribution in [2.45, 2.75) is 26.2 Å². The average molecular weight is 424 g/mol. The molecule has 0 radical (unpaired) electrons. The zero-order valence-corrected chi connectivity index (χ0v) is 17.7. The van der Waals surface area contributed by atoms with Crippen LogP contribution in [-0.2, 0) is 11.2 Å². The number of H-pyrrole nitrogens is 1. The van der Waals surface area contributed by atoms with Crippen LogP contribution >= 0.6 is 11.3 Å². The fourth-order valence-electron chi connectivity index (χ4n) is 3.71. The summed E-state index contributed by atoms with van der Waals surface area (Å²) >= 11 is 1.73. The largest absolute Gasteiger partial charge is 0.355 e. The number of rotatable bonds is 6. The Kier molecular flexibility index (Phi) is 6.23. The van der Waals surface area contributed by atoms with Crippen molar-refractivity contribution >= 4 is 23.2 Å². The van der Waals surface area contributed by atoms with Gasteiger partial charge >= 0.3 is 0 Å². The highest BCUT2D eigenvalue weighted by Gasteiger charge is 2.28. The second-order valence-corrected chi connectivity index (χ2v) is 8.54. The third-order valence-corrected chi connectivity index (χ3v) is 6.62. The van der Waals surface area contributed by atoms with E-state index in [0.717, 1.165) is 12.0 Å². The number of carbonyl (C=O) groups is 2. The van der Waals surface area contributed by atoms with Crippen LogP contribution in [0, 0.1) is 12.8 Å². The summed E-state index contributed by atoms with van der Waals surface area (Å²) in [5.41, 5.74) is 3.30. The Morgan fingerprint density at radius 2 is 2.13 bits per heavy atom. The monoisotopic (exact) mass is 423 g/mol. The van der Waals surface area contributed by atoms with Crippen molar-refractivity contribution in [3.63, 3.8) is 0 Å². The lowest BCUT2D eigenvalue weighted by Crippen LogP contribution is -2.43. The lowest BCUT2D eigenvalue weighted by molar-refractivity contribution is -0.126. The third-order valence-electron chi connectivity index (χ3n) is 5.54. The van der Waals surface area contributed by atoms with Crippen LogP contribution in [0.15, 0.2) is 42.0 Å². The minimum absolute atomic E-state index is 0.0359. The molecule has 0 bridgehead atoms. The lowest BCUT2D eigenvalue weighted by atomic mass is 9.95. The molecule has 156 valence electrons. The summed E-state index contributed by atoms with van der Waals surface area (Å²) in [5.74, 6) is -0.0208. The van der Waals surface area contributed by atoms with Crippen LogP contribution < -0.4 is 5.32 Å². The summed E-state index contributed by atoms with van der Waals surface area (Å²) in [6, 6.07) is 7.60. The fourth-order valence-corrected chi connectivity index (χ4v) is 4.62. The van der Waals surface area contributed by atoms with Crippen LogP contribution in [-0.4, -0.2) is 51.5 Å². The first-order valence-corrected chi connectivity index (χ1v) is 11.1. The molecule has 0 atom stereocenters. The highest BCUT2D eigenvalue weighted by molar-refractivity contribution is 7.10. The molecule has 8 heteroatoms. The number of hydrogen-bond donors (Lipinski definition) is 2. The SMILES string of the molecule is Cc1ccsc1CCNC(=O)C1CCN(C(=O)c2cc(-c3cccnc3)n[nH]2)CC1. The molecule has 0 spiro atoms. The Labute approximate surface area is 179 Å². The molecular weight excluding hydrogens is 398 g/mol. The molecule has 0 saturated carbocycles. The molecule has 0 aliphatic carbocycles. The topological polar surface area (TPSA) is 91.0 Å². The second kappa shape index (κ2) is 9.21. The number of hydrogen-bond acceptors (Lipinski definition) is 5. The number of aryl methyl sites for hydroxylation is 1. The first-order chi connectivity index (χ1) is 14.6. The molecule has 1 aliphatic rings. The van der Waals surface area contributed by atoms with Gasteiger partial charge in [-0.1, -0.05) is 0 Å². The molecule has 3 aromatic rings. The average Bonchev–Trinajstić information content (AvgIpc) is 3.43. The van der Waals surface area contributed by atoms with Gasteiger partial charge in [0.05, 0.1) is 5.69 Å². The summed E-state index contributed by atoms with van der Waals surface area (Å²) < 4.78 is 0. The lowest BCUT2D eigenvalue weighted by Gasteiger charge is -2.31. The second-order valence-electron chi connectivity index (χ2n) is 7.54. The van der Waals surface area contributed by atoms with Crippen molar-refractivity contribution in [2.75, 3.05) is 19.6 Å². The van der Waals surface area contributed by atoms with Crippen molar-refractivity contribution in [1.82, 2.24) is 25.4 Å².